The molecule has 0 radical (unpaired) electrons. The van der Waals surface area contributed by atoms with E-state index in [4.69, 9.17) is 11.6 Å². The first kappa shape index (κ1) is 13.9. The molecule has 2 heterocycles. The lowest BCUT2D eigenvalue weighted by Gasteiger charge is -2.25. The van der Waals surface area contributed by atoms with Crippen molar-refractivity contribution in [1.29, 1.82) is 0 Å². The van der Waals surface area contributed by atoms with E-state index in [0.29, 0.717) is 23.7 Å². The predicted molar refractivity (Wildman–Crippen MR) is 78.0 cm³/mol. The average molecular weight is 295 g/mol. The fourth-order valence-electron chi connectivity index (χ4n) is 3.14. The minimum atomic E-state index is -0.440. The van der Waals surface area contributed by atoms with Gasteiger partial charge in [0.1, 0.15) is 0 Å². The number of halogens is 1. The quantitative estimate of drug-likeness (QED) is 0.901. The van der Waals surface area contributed by atoms with Crippen LogP contribution in [0.4, 0.5) is 0 Å². The second kappa shape index (κ2) is 5.72. The summed E-state index contributed by atoms with van der Waals surface area (Å²) in [6, 6.07) is 7.01. The first-order valence-electron chi connectivity index (χ1n) is 7.12. The molecule has 2 aliphatic rings. The van der Waals surface area contributed by atoms with Gasteiger partial charge >= 0.3 is 0 Å². The SMILES string of the molecule is O=C(c1ccc(Cl)cc1)N1C[C@@H](O)[C@H](N2CCCC2)C1. The van der Waals surface area contributed by atoms with Gasteiger partial charge in [-0.2, -0.15) is 0 Å². The number of β-amino-alcohol motifs (C(OH)–C–C–N with tert-alkyl or cyclic N) is 1. The largest absolute Gasteiger partial charge is 0.390 e. The smallest absolute Gasteiger partial charge is 0.253 e. The van der Waals surface area contributed by atoms with Gasteiger partial charge in [-0.15, -0.1) is 0 Å². The zero-order valence-electron chi connectivity index (χ0n) is 11.3. The van der Waals surface area contributed by atoms with Crippen LogP contribution in [0.1, 0.15) is 23.2 Å². The summed E-state index contributed by atoms with van der Waals surface area (Å²) in [5.41, 5.74) is 0.628. The van der Waals surface area contributed by atoms with Crippen LogP contribution < -0.4 is 0 Å². The number of aliphatic hydroxyl groups excluding tert-OH is 1. The highest BCUT2D eigenvalue weighted by atomic mass is 35.5. The van der Waals surface area contributed by atoms with Gasteiger partial charge in [0.25, 0.3) is 5.91 Å². The Morgan fingerprint density at radius 3 is 2.45 bits per heavy atom. The Morgan fingerprint density at radius 2 is 1.80 bits per heavy atom. The molecule has 0 unspecified atom stereocenters. The minimum Gasteiger partial charge on any atom is -0.390 e. The molecule has 0 aromatic heterocycles. The number of hydrogen-bond acceptors (Lipinski definition) is 3. The van der Waals surface area contributed by atoms with E-state index in [-0.39, 0.29) is 11.9 Å². The Hall–Kier alpha value is -1.10. The molecule has 0 aliphatic carbocycles. The van der Waals surface area contributed by atoms with E-state index in [0.717, 1.165) is 13.1 Å². The number of rotatable bonds is 2. The molecule has 0 bridgehead atoms. The van der Waals surface area contributed by atoms with Crippen LogP contribution in [0.2, 0.25) is 5.02 Å². The summed E-state index contributed by atoms with van der Waals surface area (Å²) in [6.45, 7) is 3.10. The summed E-state index contributed by atoms with van der Waals surface area (Å²) in [5, 5.41) is 10.8. The lowest BCUT2D eigenvalue weighted by molar-refractivity contribution is 0.0763. The van der Waals surface area contributed by atoms with E-state index in [1.54, 1.807) is 29.2 Å². The summed E-state index contributed by atoms with van der Waals surface area (Å²) >= 11 is 5.84. The topological polar surface area (TPSA) is 43.8 Å². The molecule has 4 nitrogen and oxygen atoms in total. The number of carbonyl (C=O) groups is 1. The Morgan fingerprint density at radius 1 is 1.15 bits per heavy atom. The maximum Gasteiger partial charge on any atom is 0.253 e. The highest BCUT2D eigenvalue weighted by molar-refractivity contribution is 6.30. The molecule has 108 valence electrons. The highest BCUT2D eigenvalue weighted by Crippen LogP contribution is 2.22. The van der Waals surface area contributed by atoms with Gasteiger partial charge in [-0.25, -0.2) is 0 Å². The van der Waals surface area contributed by atoms with Crippen molar-refractivity contribution in [2.24, 2.45) is 0 Å². The maximum atomic E-state index is 12.4. The maximum absolute atomic E-state index is 12.4. The van der Waals surface area contributed by atoms with Crippen molar-refractivity contribution in [1.82, 2.24) is 9.80 Å². The lowest BCUT2D eigenvalue weighted by atomic mass is 10.2. The van der Waals surface area contributed by atoms with Crippen LogP contribution in [0.15, 0.2) is 24.3 Å². The fourth-order valence-corrected chi connectivity index (χ4v) is 3.27. The predicted octanol–water partition coefficient (Wildman–Crippen LogP) is 1.62. The van der Waals surface area contributed by atoms with E-state index < -0.39 is 6.10 Å². The molecule has 5 heteroatoms. The molecular formula is C15H19ClN2O2. The van der Waals surface area contributed by atoms with Crippen LogP contribution in [0, 0.1) is 0 Å². The Labute approximate surface area is 123 Å². The second-order valence-electron chi connectivity index (χ2n) is 5.59. The van der Waals surface area contributed by atoms with Crippen LogP contribution in [0.5, 0.6) is 0 Å². The molecule has 1 amide bonds. The minimum absolute atomic E-state index is 0.0255. The first-order valence-corrected chi connectivity index (χ1v) is 7.50. The molecule has 0 saturated carbocycles. The molecular weight excluding hydrogens is 276 g/mol. The molecule has 3 rings (SSSR count). The monoisotopic (exact) mass is 294 g/mol. The van der Waals surface area contributed by atoms with Gasteiger partial charge in [-0.3, -0.25) is 9.69 Å². The van der Waals surface area contributed by atoms with Crippen LogP contribution in [-0.4, -0.2) is 59.1 Å². The van der Waals surface area contributed by atoms with Gasteiger partial charge in [-0.1, -0.05) is 11.6 Å². The van der Waals surface area contributed by atoms with Crippen molar-refractivity contribution in [2.75, 3.05) is 26.2 Å². The third kappa shape index (κ3) is 2.68. The van der Waals surface area contributed by atoms with Gasteiger partial charge in [0.2, 0.25) is 0 Å². The molecule has 2 fully saturated rings. The number of carbonyl (C=O) groups excluding carboxylic acids is 1. The molecule has 1 aromatic carbocycles. The standard InChI is InChI=1S/C15H19ClN2O2/c16-12-5-3-11(4-6-12)15(20)18-9-13(14(19)10-18)17-7-1-2-8-17/h3-6,13-14,19H,1-2,7-10H2/t13-,14-/m1/s1. The normalized spacial score (nSPS) is 27.2. The molecule has 1 N–H and O–H groups in total. The zero-order chi connectivity index (χ0) is 14.1. The van der Waals surface area contributed by atoms with E-state index in [1.165, 1.54) is 12.8 Å². The van der Waals surface area contributed by atoms with Crippen molar-refractivity contribution in [3.05, 3.63) is 34.9 Å². The zero-order valence-corrected chi connectivity index (χ0v) is 12.1. The van der Waals surface area contributed by atoms with Crippen molar-refractivity contribution in [3.8, 4) is 0 Å². The number of nitrogens with zero attached hydrogens (tertiary/aromatic N) is 2. The van der Waals surface area contributed by atoms with Crippen molar-refractivity contribution >= 4 is 17.5 Å². The van der Waals surface area contributed by atoms with E-state index in [9.17, 15) is 9.90 Å². The van der Waals surface area contributed by atoms with Gasteiger partial charge in [0.15, 0.2) is 0 Å². The lowest BCUT2D eigenvalue weighted by Crippen LogP contribution is -2.41. The third-order valence-corrected chi connectivity index (χ3v) is 4.50. The molecule has 2 saturated heterocycles. The molecule has 1 aromatic rings. The van der Waals surface area contributed by atoms with Crippen molar-refractivity contribution < 1.29 is 9.90 Å². The van der Waals surface area contributed by atoms with Crippen molar-refractivity contribution in [2.45, 2.75) is 25.0 Å². The van der Waals surface area contributed by atoms with Gasteiger partial charge in [0, 0.05) is 23.7 Å². The van der Waals surface area contributed by atoms with Crippen LogP contribution >= 0.6 is 11.6 Å². The first-order chi connectivity index (χ1) is 9.65. The highest BCUT2D eigenvalue weighted by Gasteiger charge is 2.38. The van der Waals surface area contributed by atoms with Gasteiger partial charge < -0.3 is 10.0 Å². The van der Waals surface area contributed by atoms with E-state index >= 15 is 0 Å². The average Bonchev–Trinajstić information content (AvgIpc) is 3.07. The Bertz CT molecular complexity index is 485. The van der Waals surface area contributed by atoms with Gasteiger partial charge in [-0.05, 0) is 50.2 Å². The van der Waals surface area contributed by atoms with Crippen LogP contribution in [0.3, 0.4) is 0 Å². The molecule has 2 atom stereocenters. The molecule has 20 heavy (non-hydrogen) atoms. The number of benzene rings is 1. The summed E-state index contributed by atoms with van der Waals surface area (Å²) in [6.07, 6.45) is 1.94. The van der Waals surface area contributed by atoms with Gasteiger partial charge in [0.05, 0.1) is 12.1 Å². The molecule has 2 aliphatic heterocycles. The molecule has 0 spiro atoms. The summed E-state index contributed by atoms with van der Waals surface area (Å²) in [5.74, 6) is -0.0255. The third-order valence-electron chi connectivity index (χ3n) is 4.25. The Balaban J connectivity index is 1.69. The number of aliphatic hydroxyl groups is 1. The van der Waals surface area contributed by atoms with Crippen LogP contribution in [0.25, 0.3) is 0 Å². The fraction of sp³-hybridized carbons (Fsp3) is 0.533. The van der Waals surface area contributed by atoms with E-state index in [1.807, 2.05) is 0 Å². The summed E-state index contributed by atoms with van der Waals surface area (Å²) in [7, 11) is 0. The Kier molecular flexibility index (Phi) is 3.96. The number of amides is 1. The van der Waals surface area contributed by atoms with Crippen molar-refractivity contribution in [3.63, 3.8) is 0 Å². The summed E-state index contributed by atoms with van der Waals surface area (Å²) < 4.78 is 0. The second-order valence-corrected chi connectivity index (χ2v) is 6.03. The number of hydrogen-bond donors (Lipinski definition) is 1. The summed E-state index contributed by atoms with van der Waals surface area (Å²) in [4.78, 5) is 16.5. The number of likely N-dealkylation sites (tertiary alicyclic amines) is 2. The van der Waals surface area contributed by atoms with Crippen LogP contribution in [-0.2, 0) is 0 Å². The van der Waals surface area contributed by atoms with E-state index in [2.05, 4.69) is 4.90 Å².